The van der Waals surface area contributed by atoms with Crippen molar-refractivity contribution in [2.45, 2.75) is 39.2 Å². The van der Waals surface area contributed by atoms with Gasteiger partial charge in [-0.05, 0) is 47.2 Å². The average Bonchev–Trinajstić information content (AvgIpc) is 2.57. The summed E-state index contributed by atoms with van der Waals surface area (Å²) in [6.07, 6.45) is 3.33. The van der Waals surface area contributed by atoms with Gasteiger partial charge < -0.3 is 9.80 Å². The van der Waals surface area contributed by atoms with E-state index in [0.717, 1.165) is 41.5 Å². The van der Waals surface area contributed by atoms with Crippen molar-refractivity contribution in [3.8, 4) is 0 Å². The number of likely N-dealkylation sites (tertiary alicyclic amines) is 1. The molecule has 1 unspecified atom stereocenters. The Kier molecular flexibility index (Phi) is 4.58. The number of nitrogens with zero attached hydrogens (tertiary/aromatic N) is 3. The lowest BCUT2D eigenvalue weighted by Gasteiger charge is -2.23. The predicted octanol–water partition coefficient (Wildman–Crippen LogP) is 2.32. The molecule has 0 bridgehead atoms. The fraction of sp³-hybridized carbons (Fsp3) is 0.714. The molecule has 2 rings (SSSR count). The zero-order chi connectivity index (χ0) is 14.0. The predicted molar refractivity (Wildman–Crippen MR) is 78.8 cm³/mol. The number of aryl methyl sites for hydroxylation is 2. The van der Waals surface area contributed by atoms with E-state index in [4.69, 9.17) is 0 Å². The Hall–Kier alpha value is -0.940. The minimum atomic E-state index is 0.169. The fourth-order valence-corrected chi connectivity index (χ4v) is 3.56. The van der Waals surface area contributed by atoms with Gasteiger partial charge in [-0.15, -0.1) is 11.3 Å². The standard InChI is InChI=1S/C14H23N3OS/c1-10-13(19-11(2)15-10)14(18)17-8-5-6-12(7-9-17)16(3)4/h12H,5-9H2,1-4H3. The molecule has 0 aromatic carbocycles. The van der Waals surface area contributed by atoms with Gasteiger partial charge in [-0.1, -0.05) is 0 Å². The second-order valence-electron chi connectivity index (χ2n) is 5.49. The van der Waals surface area contributed by atoms with Crippen LogP contribution >= 0.6 is 11.3 Å². The van der Waals surface area contributed by atoms with Crippen LogP contribution in [0.15, 0.2) is 0 Å². The van der Waals surface area contributed by atoms with Crippen molar-refractivity contribution in [3.63, 3.8) is 0 Å². The Morgan fingerprint density at radius 3 is 2.63 bits per heavy atom. The number of aromatic nitrogens is 1. The number of carbonyl (C=O) groups excluding carboxylic acids is 1. The second-order valence-corrected chi connectivity index (χ2v) is 6.69. The summed E-state index contributed by atoms with van der Waals surface area (Å²) in [5.41, 5.74) is 0.876. The molecule has 1 fully saturated rings. The molecule has 2 heterocycles. The molecule has 0 radical (unpaired) electrons. The van der Waals surface area contributed by atoms with Crippen LogP contribution in [-0.4, -0.2) is 53.9 Å². The van der Waals surface area contributed by atoms with E-state index in [9.17, 15) is 4.79 Å². The quantitative estimate of drug-likeness (QED) is 0.834. The highest BCUT2D eigenvalue weighted by Crippen LogP contribution is 2.22. The monoisotopic (exact) mass is 281 g/mol. The summed E-state index contributed by atoms with van der Waals surface area (Å²) in [6, 6.07) is 0.599. The Morgan fingerprint density at radius 2 is 2.05 bits per heavy atom. The van der Waals surface area contributed by atoms with Crippen molar-refractivity contribution in [3.05, 3.63) is 15.6 Å². The van der Waals surface area contributed by atoms with E-state index in [0.29, 0.717) is 6.04 Å². The zero-order valence-corrected chi connectivity index (χ0v) is 13.1. The zero-order valence-electron chi connectivity index (χ0n) is 12.3. The van der Waals surface area contributed by atoms with Crippen LogP contribution < -0.4 is 0 Å². The number of rotatable bonds is 2. The molecule has 0 aliphatic carbocycles. The van der Waals surface area contributed by atoms with Gasteiger partial charge >= 0.3 is 0 Å². The van der Waals surface area contributed by atoms with E-state index < -0.39 is 0 Å². The molecule has 0 saturated carbocycles. The van der Waals surface area contributed by atoms with Gasteiger partial charge in [0.05, 0.1) is 10.7 Å². The summed E-state index contributed by atoms with van der Waals surface area (Å²) in [5.74, 6) is 0.169. The van der Waals surface area contributed by atoms with Crippen LogP contribution in [0.4, 0.5) is 0 Å². The Morgan fingerprint density at radius 1 is 1.32 bits per heavy atom. The molecule has 4 nitrogen and oxygen atoms in total. The third-order valence-corrected chi connectivity index (χ3v) is 4.87. The number of amides is 1. The van der Waals surface area contributed by atoms with Gasteiger partial charge in [-0.3, -0.25) is 4.79 Å². The van der Waals surface area contributed by atoms with Crippen molar-refractivity contribution >= 4 is 17.2 Å². The average molecular weight is 281 g/mol. The van der Waals surface area contributed by atoms with E-state index in [1.807, 2.05) is 18.7 Å². The van der Waals surface area contributed by atoms with Gasteiger partial charge in [0, 0.05) is 19.1 Å². The summed E-state index contributed by atoms with van der Waals surface area (Å²) in [4.78, 5) is 22.0. The minimum absolute atomic E-state index is 0.169. The van der Waals surface area contributed by atoms with E-state index in [1.165, 1.54) is 17.8 Å². The van der Waals surface area contributed by atoms with Crippen molar-refractivity contribution in [1.82, 2.24) is 14.8 Å². The van der Waals surface area contributed by atoms with Crippen LogP contribution in [0, 0.1) is 13.8 Å². The Bertz CT molecular complexity index is 456. The molecule has 1 atom stereocenters. The topological polar surface area (TPSA) is 36.4 Å². The van der Waals surface area contributed by atoms with E-state index >= 15 is 0 Å². The van der Waals surface area contributed by atoms with Crippen LogP contribution in [0.25, 0.3) is 0 Å². The van der Waals surface area contributed by atoms with Crippen LogP contribution in [0.5, 0.6) is 0 Å². The molecular weight excluding hydrogens is 258 g/mol. The molecule has 1 amide bonds. The first-order valence-corrected chi connectivity index (χ1v) is 7.70. The van der Waals surface area contributed by atoms with Gasteiger partial charge in [0.2, 0.25) is 0 Å². The van der Waals surface area contributed by atoms with Crippen molar-refractivity contribution in [2.24, 2.45) is 0 Å². The molecular formula is C14H23N3OS. The van der Waals surface area contributed by atoms with E-state index in [2.05, 4.69) is 24.0 Å². The molecule has 19 heavy (non-hydrogen) atoms. The van der Waals surface area contributed by atoms with Crippen molar-refractivity contribution in [2.75, 3.05) is 27.2 Å². The van der Waals surface area contributed by atoms with E-state index in [-0.39, 0.29) is 5.91 Å². The maximum Gasteiger partial charge on any atom is 0.265 e. The van der Waals surface area contributed by atoms with Crippen LogP contribution in [0.3, 0.4) is 0 Å². The first-order valence-electron chi connectivity index (χ1n) is 6.88. The van der Waals surface area contributed by atoms with Crippen molar-refractivity contribution < 1.29 is 4.79 Å². The number of thiazole rings is 1. The van der Waals surface area contributed by atoms with Crippen LogP contribution in [0.1, 0.15) is 39.6 Å². The molecule has 1 saturated heterocycles. The fourth-order valence-electron chi connectivity index (χ4n) is 2.67. The lowest BCUT2D eigenvalue weighted by Crippen LogP contribution is -2.33. The molecule has 5 heteroatoms. The smallest absolute Gasteiger partial charge is 0.265 e. The summed E-state index contributed by atoms with van der Waals surface area (Å²) < 4.78 is 0. The SMILES string of the molecule is Cc1nc(C)c(C(=O)N2CCCC(N(C)C)CC2)s1. The highest BCUT2D eigenvalue weighted by molar-refractivity contribution is 7.13. The first kappa shape index (κ1) is 14.5. The normalized spacial score (nSPS) is 20.7. The van der Waals surface area contributed by atoms with Crippen LogP contribution in [-0.2, 0) is 0 Å². The Labute approximate surface area is 119 Å². The molecule has 1 aliphatic heterocycles. The largest absolute Gasteiger partial charge is 0.338 e. The second kappa shape index (κ2) is 6.01. The summed E-state index contributed by atoms with van der Waals surface area (Å²) in [5, 5.41) is 0.974. The maximum absolute atomic E-state index is 12.5. The lowest BCUT2D eigenvalue weighted by molar-refractivity contribution is 0.0762. The van der Waals surface area contributed by atoms with Gasteiger partial charge in [0.1, 0.15) is 4.88 Å². The molecule has 1 aromatic heterocycles. The Balaban J connectivity index is 2.06. The van der Waals surface area contributed by atoms with Gasteiger partial charge in [0.15, 0.2) is 0 Å². The maximum atomic E-state index is 12.5. The highest BCUT2D eigenvalue weighted by Gasteiger charge is 2.24. The minimum Gasteiger partial charge on any atom is -0.338 e. The van der Waals surface area contributed by atoms with Gasteiger partial charge in [-0.25, -0.2) is 4.98 Å². The number of hydrogen-bond donors (Lipinski definition) is 0. The number of hydrogen-bond acceptors (Lipinski definition) is 4. The first-order chi connectivity index (χ1) is 8.99. The van der Waals surface area contributed by atoms with E-state index in [1.54, 1.807) is 0 Å². The summed E-state index contributed by atoms with van der Waals surface area (Å²) >= 11 is 1.52. The molecule has 1 aliphatic rings. The van der Waals surface area contributed by atoms with Gasteiger partial charge in [-0.2, -0.15) is 0 Å². The molecule has 0 N–H and O–H groups in total. The third kappa shape index (κ3) is 3.34. The van der Waals surface area contributed by atoms with Crippen LogP contribution in [0.2, 0.25) is 0 Å². The molecule has 1 aromatic rings. The molecule has 106 valence electrons. The number of carbonyl (C=O) groups is 1. The highest BCUT2D eigenvalue weighted by atomic mass is 32.1. The van der Waals surface area contributed by atoms with Gasteiger partial charge in [0.25, 0.3) is 5.91 Å². The molecule has 0 spiro atoms. The summed E-state index contributed by atoms with van der Waals surface area (Å²) in [6.45, 7) is 5.62. The van der Waals surface area contributed by atoms with Crippen molar-refractivity contribution in [1.29, 1.82) is 0 Å². The summed E-state index contributed by atoms with van der Waals surface area (Å²) in [7, 11) is 4.25. The lowest BCUT2D eigenvalue weighted by atomic mass is 10.1. The third-order valence-electron chi connectivity index (χ3n) is 3.81.